The SMILES string of the molecule is O=C1NC[C@H](c2ccccc2)[C@@H]1C(=O)N/N=C/c1cc(Cc2ccccc2Cl)ccc1O. The smallest absolute Gasteiger partial charge is 0.253 e. The largest absolute Gasteiger partial charge is 0.507 e. The van der Waals surface area contributed by atoms with Crippen LogP contribution in [0.3, 0.4) is 0 Å². The summed E-state index contributed by atoms with van der Waals surface area (Å²) in [6.07, 6.45) is 1.96. The number of benzene rings is 3. The first-order valence-electron chi connectivity index (χ1n) is 10.2. The third-order valence-electron chi connectivity index (χ3n) is 5.51. The zero-order chi connectivity index (χ0) is 22.5. The lowest BCUT2D eigenvalue weighted by molar-refractivity contribution is -0.133. The molecule has 162 valence electrons. The van der Waals surface area contributed by atoms with Gasteiger partial charge in [-0.1, -0.05) is 66.2 Å². The number of carbonyl (C=O) groups excluding carboxylic acids is 2. The van der Waals surface area contributed by atoms with E-state index in [1.54, 1.807) is 12.1 Å². The molecule has 1 fully saturated rings. The number of amides is 2. The molecule has 0 unspecified atom stereocenters. The molecule has 4 rings (SSSR count). The molecule has 3 aromatic carbocycles. The molecule has 0 aromatic heterocycles. The van der Waals surface area contributed by atoms with Gasteiger partial charge in [-0.3, -0.25) is 9.59 Å². The van der Waals surface area contributed by atoms with E-state index in [9.17, 15) is 14.7 Å². The quantitative estimate of drug-likeness (QED) is 0.306. The molecule has 0 bridgehead atoms. The number of nitrogens with zero attached hydrogens (tertiary/aromatic N) is 1. The zero-order valence-electron chi connectivity index (χ0n) is 17.2. The van der Waals surface area contributed by atoms with Crippen molar-refractivity contribution in [1.82, 2.24) is 10.7 Å². The van der Waals surface area contributed by atoms with Gasteiger partial charge in [-0.25, -0.2) is 5.43 Å². The Morgan fingerprint density at radius 1 is 1.12 bits per heavy atom. The molecule has 32 heavy (non-hydrogen) atoms. The number of carbonyl (C=O) groups is 2. The highest BCUT2D eigenvalue weighted by Crippen LogP contribution is 2.29. The van der Waals surface area contributed by atoms with Gasteiger partial charge in [-0.05, 0) is 41.3 Å². The monoisotopic (exact) mass is 447 g/mol. The van der Waals surface area contributed by atoms with E-state index in [0.717, 1.165) is 16.7 Å². The Morgan fingerprint density at radius 3 is 2.66 bits per heavy atom. The highest BCUT2D eigenvalue weighted by Gasteiger charge is 2.40. The molecule has 1 aliphatic heterocycles. The summed E-state index contributed by atoms with van der Waals surface area (Å²) < 4.78 is 0. The van der Waals surface area contributed by atoms with Crippen LogP contribution in [0.25, 0.3) is 0 Å². The van der Waals surface area contributed by atoms with Crippen molar-refractivity contribution in [2.75, 3.05) is 6.54 Å². The minimum atomic E-state index is -0.866. The Hall–Kier alpha value is -3.64. The third-order valence-corrected chi connectivity index (χ3v) is 5.88. The fourth-order valence-corrected chi connectivity index (χ4v) is 4.05. The van der Waals surface area contributed by atoms with Crippen LogP contribution in [0, 0.1) is 5.92 Å². The van der Waals surface area contributed by atoms with Crippen LogP contribution in [-0.4, -0.2) is 29.7 Å². The lowest BCUT2D eigenvalue weighted by Crippen LogP contribution is -2.34. The molecule has 0 spiro atoms. The van der Waals surface area contributed by atoms with Crippen molar-refractivity contribution in [2.24, 2.45) is 11.0 Å². The molecule has 0 radical (unpaired) electrons. The van der Waals surface area contributed by atoms with Gasteiger partial charge in [-0.2, -0.15) is 5.10 Å². The molecule has 1 saturated heterocycles. The maximum atomic E-state index is 12.7. The average molecular weight is 448 g/mol. The number of hydrazone groups is 1. The number of aromatic hydroxyl groups is 1. The van der Waals surface area contributed by atoms with E-state index in [1.807, 2.05) is 60.7 Å². The normalized spacial score (nSPS) is 18.0. The molecule has 3 aromatic rings. The van der Waals surface area contributed by atoms with Crippen molar-refractivity contribution in [2.45, 2.75) is 12.3 Å². The fraction of sp³-hybridized carbons (Fsp3) is 0.160. The van der Waals surface area contributed by atoms with E-state index in [4.69, 9.17) is 11.6 Å². The summed E-state index contributed by atoms with van der Waals surface area (Å²) in [6.45, 7) is 0.398. The summed E-state index contributed by atoms with van der Waals surface area (Å²) in [5.74, 6) is -1.90. The molecule has 6 nitrogen and oxygen atoms in total. The van der Waals surface area contributed by atoms with Gasteiger partial charge in [0, 0.05) is 23.0 Å². The summed E-state index contributed by atoms with van der Waals surface area (Å²) in [6, 6.07) is 22.2. The van der Waals surface area contributed by atoms with Crippen LogP contribution in [0.4, 0.5) is 0 Å². The van der Waals surface area contributed by atoms with Gasteiger partial charge in [-0.15, -0.1) is 0 Å². The number of halogens is 1. The number of phenolic OH excluding ortho intramolecular Hbond substituents is 1. The number of nitrogens with one attached hydrogen (secondary N) is 2. The third kappa shape index (κ3) is 4.81. The molecule has 1 aliphatic rings. The molecular formula is C25H22ClN3O3. The van der Waals surface area contributed by atoms with Crippen LogP contribution in [-0.2, 0) is 16.0 Å². The van der Waals surface area contributed by atoms with Crippen molar-refractivity contribution in [3.8, 4) is 5.75 Å². The summed E-state index contributed by atoms with van der Waals surface area (Å²) in [7, 11) is 0. The topological polar surface area (TPSA) is 90.8 Å². The van der Waals surface area contributed by atoms with E-state index in [0.29, 0.717) is 23.6 Å². The maximum Gasteiger partial charge on any atom is 0.253 e. The summed E-state index contributed by atoms with van der Waals surface area (Å²) in [5, 5.41) is 17.6. The highest BCUT2D eigenvalue weighted by molar-refractivity contribution is 6.31. The van der Waals surface area contributed by atoms with Gasteiger partial charge >= 0.3 is 0 Å². The second-order valence-corrected chi connectivity index (χ2v) is 8.04. The standard InChI is InChI=1S/C25H22ClN3O3/c26-21-9-5-4-8-18(21)12-16-10-11-22(30)19(13-16)14-28-29-25(32)23-20(15-27-24(23)31)17-6-2-1-3-7-17/h1-11,13-14,20,23,30H,12,15H2,(H,27,31)(H,29,32)/b28-14+/t20-,23+/m1/s1. The van der Waals surface area contributed by atoms with Crippen LogP contribution >= 0.6 is 11.6 Å². The summed E-state index contributed by atoms with van der Waals surface area (Å²) in [4.78, 5) is 25.0. The van der Waals surface area contributed by atoms with Gasteiger partial charge in [0.05, 0.1) is 6.21 Å². The molecule has 2 atom stereocenters. The first kappa shape index (κ1) is 21.6. The molecule has 3 N–H and O–H groups in total. The molecule has 2 amide bonds. The number of hydrogen-bond acceptors (Lipinski definition) is 4. The Labute approximate surface area is 190 Å². The van der Waals surface area contributed by atoms with Crippen LogP contribution in [0.5, 0.6) is 5.75 Å². The lowest BCUT2D eigenvalue weighted by Gasteiger charge is -2.15. The zero-order valence-corrected chi connectivity index (χ0v) is 17.9. The number of phenols is 1. The van der Waals surface area contributed by atoms with Crippen LogP contribution in [0.1, 0.15) is 28.2 Å². The Bertz CT molecular complexity index is 1160. The van der Waals surface area contributed by atoms with Gasteiger partial charge < -0.3 is 10.4 Å². The maximum absolute atomic E-state index is 12.7. The van der Waals surface area contributed by atoms with Crippen molar-refractivity contribution in [3.63, 3.8) is 0 Å². The fourth-order valence-electron chi connectivity index (χ4n) is 3.85. The summed E-state index contributed by atoms with van der Waals surface area (Å²) >= 11 is 6.24. The Morgan fingerprint density at radius 2 is 1.88 bits per heavy atom. The van der Waals surface area contributed by atoms with Crippen molar-refractivity contribution >= 4 is 29.6 Å². The van der Waals surface area contributed by atoms with Crippen molar-refractivity contribution in [3.05, 3.63) is 100 Å². The number of hydrogen-bond donors (Lipinski definition) is 3. The lowest BCUT2D eigenvalue weighted by atomic mass is 9.88. The van der Waals surface area contributed by atoms with E-state index in [2.05, 4.69) is 15.8 Å². The van der Waals surface area contributed by atoms with Crippen LogP contribution in [0.15, 0.2) is 77.9 Å². The van der Waals surface area contributed by atoms with E-state index in [-0.39, 0.29) is 17.6 Å². The number of rotatable bonds is 6. The van der Waals surface area contributed by atoms with Gasteiger partial charge in [0.15, 0.2) is 0 Å². The van der Waals surface area contributed by atoms with Gasteiger partial charge in [0.1, 0.15) is 11.7 Å². The second kappa shape index (κ2) is 9.66. The van der Waals surface area contributed by atoms with E-state index >= 15 is 0 Å². The Balaban J connectivity index is 1.46. The molecule has 0 saturated carbocycles. The minimum Gasteiger partial charge on any atom is -0.507 e. The first-order valence-corrected chi connectivity index (χ1v) is 10.6. The highest BCUT2D eigenvalue weighted by atomic mass is 35.5. The molecule has 1 heterocycles. The molecular weight excluding hydrogens is 426 g/mol. The summed E-state index contributed by atoms with van der Waals surface area (Å²) in [5.41, 5.74) is 5.71. The van der Waals surface area contributed by atoms with Gasteiger partial charge in [0.25, 0.3) is 5.91 Å². The minimum absolute atomic E-state index is 0.0340. The average Bonchev–Trinajstić information content (AvgIpc) is 3.19. The first-order chi connectivity index (χ1) is 15.5. The van der Waals surface area contributed by atoms with Crippen molar-refractivity contribution < 1.29 is 14.7 Å². The van der Waals surface area contributed by atoms with Gasteiger partial charge in [0.2, 0.25) is 5.91 Å². The Kier molecular flexibility index (Phi) is 6.52. The molecule has 7 heteroatoms. The second-order valence-electron chi connectivity index (χ2n) is 7.64. The van der Waals surface area contributed by atoms with E-state index in [1.165, 1.54) is 6.21 Å². The van der Waals surface area contributed by atoms with Crippen molar-refractivity contribution in [1.29, 1.82) is 0 Å². The predicted octanol–water partition coefficient (Wildman–Crippen LogP) is 3.62. The van der Waals surface area contributed by atoms with E-state index < -0.39 is 11.8 Å². The predicted molar refractivity (Wildman–Crippen MR) is 124 cm³/mol. The molecule has 0 aliphatic carbocycles. The van der Waals surface area contributed by atoms with Crippen LogP contribution in [0.2, 0.25) is 5.02 Å². The van der Waals surface area contributed by atoms with Crippen LogP contribution < -0.4 is 10.7 Å².